The predicted molar refractivity (Wildman–Crippen MR) is 117 cm³/mol. The molecule has 4 heterocycles. The fraction of sp³-hybridized carbons (Fsp3) is 0.409. The molecule has 3 aromatic rings. The average Bonchev–Trinajstić information content (AvgIpc) is 3.50. The maximum absolute atomic E-state index is 13.6. The Morgan fingerprint density at radius 1 is 0.971 bits per heavy atom. The van der Waals surface area contributed by atoms with Crippen molar-refractivity contribution in [2.75, 3.05) is 49.6 Å². The molecule has 2 aromatic heterocycles. The second-order valence-corrected chi connectivity index (χ2v) is 8.40. The smallest absolute Gasteiger partial charge is 0.380 e. The molecule has 0 aliphatic carbocycles. The molecule has 2 aliphatic heterocycles. The molecule has 2 saturated heterocycles. The van der Waals surface area contributed by atoms with Crippen molar-refractivity contribution >= 4 is 17.6 Å². The van der Waals surface area contributed by atoms with E-state index in [-0.39, 0.29) is 23.3 Å². The second-order valence-electron chi connectivity index (χ2n) is 8.40. The van der Waals surface area contributed by atoms with Crippen LogP contribution in [0.5, 0.6) is 0 Å². The highest BCUT2D eigenvalue weighted by Gasteiger charge is 2.33. The number of halogens is 5. The predicted octanol–water partition coefficient (Wildman–Crippen LogP) is 3.61. The first-order chi connectivity index (χ1) is 16.7. The van der Waals surface area contributed by atoms with Gasteiger partial charge < -0.3 is 15.0 Å². The van der Waals surface area contributed by atoms with Crippen molar-refractivity contribution in [1.29, 1.82) is 0 Å². The van der Waals surface area contributed by atoms with E-state index in [1.165, 1.54) is 6.33 Å². The number of ether oxygens (including phenoxy) is 1. The Balaban J connectivity index is 1.36. The maximum atomic E-state index is 13.6. The molecular weight excluding hydrogens is 473 g/mol. The van der Waals surface area contributed by atoms with Crippen LogP contribution in [0.4, 0.5) is 39.5 Å². The molecule has 2 fully saturated rings. The van der Waals surface area contributed by atoms with E-state index in [9.17, 15) is 22.0 Å². The van der Waals surface area contributed by atoms with Gasteiger partial charge >= 0.3 is 6.18 Å². The number of piperazine rings is 1. The topological polar surface area (TPSA) is 71.3 Å². The van der Waals surface area contributed by atoms with Crippen LogP contribution in [-0.4, -0.2) is 70.1 Å². The minimum absolute atomic E-state index is 0.0708. The number of alkyl halides is 3. The summed E-state index contributed by atoms with van der Waals surface area (Å²) in [5, 5.41) is 6.73. The van der Waals surface area contributed by atoms with Crippen molar-refractivity contribution in [3.05, 3.63) is 53.9 Å². The van der Waals surface area contributed by atoms with Gasteiger partial charge in [-0.25, -0.2) is 18.4 Å². The molecule has 186 valence electrons. The lowest BCUT2D eigenvalue weighted by Crippen LogP contribution is -2.50. The van der Waals surface area contributed by atoms with Gasteiger partial charge in [-0.05, 0) is 30.7 Å². The third-order valence-electron chi connectivity index (χ3n) is 6.04. The van der Waals surface area contributed by atoms with Crippen LogP contribution in [0.15, 0.2) is 36.7 Å². The number of hydrogen-bond acceptors (Lipinski definition) is 7. The summed E-state index contributed by atoms with van der Waals surface area (Å²) < 4.78 is 74.4. The van der Waals surface area contributed by atoms with Gasteiger partial charge in [-0.2, -0.15) is 18.2 Å². The number of rotatable bonds is 5. The molecule has 2 aliphatic rings. The molecule has 13 heteroatoms. The van der Waals surface area contributed by atoms with E-state index in [1.807, 2.05) is 4.90 Å². The Bertz CT molecular complexity index is 1170. The molecule has 35 heavy (non-hydrogen) atoms. The number of anilines is 3. The molecule has 0 saturated carbocycles. The molecule has 1 atom stereocenters. The average molecular weight is 495 g/mol. The van der Waals surface area contributed by atoms with Gasteiger partial charge in [0, 0.05) is 44.9 Å². The second kappa shape index (κ2) is 9.38. The van der Waals surface area contributed by atoms with Gasteiger partial charge in [-0.1, -0.05) is 0 Å². The van der Waals surface area contributed by atoms with Crippen LogP contribution in [0.25, 0.3) is 5.69 Å². The molecule has 0 amide bonds. The largest absolute Gasteiger partial charge is 0.416 e. The van der Waals surface area contributed by atoms with Crippen LogP contribution in [-0.2, 0) is 10.9 Å². The lowest BCUT2D eigenvalue weighted by molar-refractivity contribution is -0.137. The van der Waals surface area contributed by atoms with E-state index in [1.54, 1.807) is 0 Å². The first-order valence-electron chi connectivity index (χ1n) is 11.1. The molecule has 1 unspecified atom stereocenters. The summed E-state index contributed by atoms with van der Waals surface area (Å²) in [6.07, 6.45) is -2.43. The Morgan fingerprint density at radius 3 is 2.37 bits per heavy atom. The van der Waals surface area contributed by atoms with Gasteiger partial charge in [0.05, 0.1) is 17.9 Å². The monoisotopic (exact) mass is 495 g/mol. The fourth-order valence-corrected chi connectivity index (χ4v) is 4.26. The minimum atomic E-state index is -4.58. The summed E-state index contributed by atoms with van der Waals surface area (Å²) >= 11 is 0. The number of nitrogens with one attached hydrogen (secondary N) is 1. The zero-order chi connectivity index (χ0) is 24.6. The summed E-state index contributed by atoms with van der Waals surface area (Å²) in [5.74, 6) is -1.57. The summed E-state index contributed by atoms with van der Waals surface area (Å²) in [6, 6.07) is 5.07. The molecule has 0 spiro atoms. The summed E-state index contributed by atoms with van der Waals surface area (Å²) in [6.45, 7) is 3.87. The van der Waals surface area contributed by atoms with Crippen molar-refractivity contribution in [3.8, 4) is 5.69 Å². The van der Waals surface area contributed by atoms with Crippen molar-refractivity contribution < 1.29 is 26.7 Å². The van der Waals surface area contributed by atoms with E-state index in [0.717, 1.165) is 48.0 Å². The van der Waals surface area contributed by atoms with Gasteiger partial charge in [0.2, 0.25) is 5.95 Å². The van der Waals surface area contributed by atoms with Crippen molar-refractivity contribution in [1.82, 2.24) is 24.6 Å². The van der Waals surface area contributed by atoms with Crippen LogP contribution < -0.4 is 10.2 Å². The first-order valence-corrected chi connectivity index (χ1v) is 11.1. The van der Waals surface area contributed by atoms with E-state index < -0.39 is 23.4 Å². The molecule has 1 aromatic carbocycles. The lowest BCUT2D eigenvalue weighted by Gasteiger charge is -2.38. The highest BCUT2D eigenvalue weighted by molar-refractivity contribution is 5.56. The fourth-order valence-electron chi connectivity index (χ4n) is 4.26. The third kappa shape index (κ3) is 5.35. The zero-order valence-electron chi connectivity index (χ0n) is 18.5. The SMILES string of the molecule is Fc1cc(F)cc(-n2cnc(Nc3cc(C(F)(F)F)cc(N4CCN(C5CCOC5)CC4)n3)n2)c1. The van der Waals surface area contributed by atoms with E-state index in [2.05, 4.69) is 25.3 Å². The van der Waals surface area contributed by atoms with Crippen molar-refractivity contribution in [2.24, 2.45) is 0 Å². The number of nitrogens with zero attached hydrogens (tertiary/aromatic N) is 6. The van der Waals surface area contributed by atoms with Gasteiger partial charge in [-0.3, -0.25) is 4.90 Å². The Morgan fingerprint density at radius 2 is 1.71 bits per heavy atom. The molecule has 5 rings (SSSR count). The van der Waals surface area contributed by atoms with Crippen LogP contribution in [0, 0.1) is 11.6 Å². The van der Waals surface area contributed by atoms with Gasteiger partial charge in [-0.15, -0.1) is 5.10 Å². The Kier molecular flexibility index (Phi) is 6.28. The summed E-state index contributed by atoms with van der Waals surface area (Å²) in [4.78, 5) is 12.4. The molecule has 1 N–H and O–H groups in total. The number of hydrogen-bond donors (Lipinski definition) is 1. The number of benzene rings is 1. The van der Waals surface area contributed by atoms with Crippen LogP contribution >= 0.6 is 0 Å². The van der Waals surface area contributed by atoms with Crippen LogP contribution in [0.3, 0.4) is 0 Å². The van der Waals surface area contributed by atoms with Crippen molar-refractivity contribution in [2.45, 2.75) is 18.6 Å². The van der Waals surface area contributed by atoms with Gasteiger partial charge in [0.25, 0.3) is 0 Å². The number of aromatic nitrogens is 4. The molecule has 8 nitrogen and oxygen atoms in total. The van der Waals surface area contributed by atoms with Gasteiger partial charge in [0.15, 0.2) is 0 Å². The van der Waals surface area contributed by atoms with E-state index in [4.69, 9.17) is 4.74 Å². The normalized spacial score (nSPS) is 19.3. The third-order valence-corrected chi connectivity index (χ3v) is 6.04. The molecular formula is C22H22F5N7O. The first kappa shape index (κ1) is 23.4. The van der Waals surface area contributed by atoms with Crippen LogP contribution in [0.2, 0.25) is 0 Å². The molecule has 0 radical (unpaired) electrons. The van der Waals surface area contributed by atoms with Gasteiger partial charge in [0.1, 0.15) is 29.6 Å². The van der Waals surface area contributed by atoms with Crippen LogP contribution in [0.1, 0.15) is 12.0 Å². The van der Waals surface area contributed by atoms with Crippen molar-refractivity contribution in [3.63, 3.8) is 0 Å². The molecule has 0 bridgehead atoms. The highest BCUT2D eigenvalue weighted by Crippen LogP contribution is 2.34. The Labute approximate surface area is 197 Å². The quantitative estimate of drug-likeness (QED) is 0.543. The van der Waals surface area contributed by atoms with E-state index >= 15 is 0 Å². The minimum Gasteiger partial charge on any atom is -0.380 e. The summed E-state index contributed by atoms with van der Waals surface area (Å²) in [5.41, 5.74) is -0.783. The summed E-state index contributed by atoms with van der Waals surface area (Å²) in [7, 11) is 0. The zero-order valence-corrected chi connectivity index (χ0v) is 18.5. The maximum Gasteiger partial charge on any atom is 0.416 e. The standard InChI is InChI=1S/C22H22F5N7O/c23-15-9-16(24)11-18(10-15)34-13-28-21(31-34)30-19-7-14(22(25,26)27)8-20(29-19)33-4-2-32(3-5-33)17-1-6-35-12-17/h7-11,13,17H,1-6,12H2,(H,29,30,31). The van der Waals surface area contributed by atoms with E-state index in [0.29, 0.717) is 38.8 Å². The number of pyridine rings is 1. The Hall–Kier alpha value is -3.32. The highest BCUT2D eigenvalue weighted by atomic mass is 19.4. The lowest BCUT2D eigenvalue weighted by atomic mass is 10.2.